The molecular formula is C24H26O8. The lowest BCUT2D eigenvalue weighted by Crippen LogP contribution is -2.18. The average molecular weight is 442 g/mol. The number of carbonyl (C=O) groups is 2. The molecule has 170 valence electrons. The number of Topliss-reactive ketones (excluding diaryl/α,β-unsaturated/α-hetero) is 1. The molecule has 0 aromatic heterocycles. The van der Waals surface area contributed by atoms with Gasteiger partial charge in [-0.25, -0.2) is 4.79 Å². The Labute approximate surface area is 186 Å². The van der Waals surface area contributed by atoms with Crippen molar-refractivity contribution >= 4 is 17.8 Å². The maximum Gasteiger partial charge on any atom is 0.344 e. The largest absolute Gasteiger partial charge is 0.493 e. The number of hydrogen-bond acceptors (Lipinski definition) is 8. The van der Waals surface area contributed by atoms with Crippen molar-refractivity contribution in [3.05, 3.63) is 46.7 Å². The highest BCUT2D eigenvalue weighted by atomic mass is 16.6. The van der Waals surface area contributed by atoms with Crippen LogP contribution in [0.25, 0.3) is 6.08 Å². The number of ketones is 1. The van der Waals surface area contributed by atoms with Gasteiger partial charge in [-0.2, -0.15) is 0 Å². The molecule has 0 unspecified atom stereocenters. The van der Waals surface area contributed by atoms with E-state index in [0.29, 0.717) is 45.4 Å². The van der Waals surface area contributed by atoms with Crippen LogP contribution in [0.15, 0.2) is 30.0 Å². The molecule has 2 aromatic rings. The van der Waals surface area contributed by atoms with Crippen LogP contribution in [0.5, 0.6) is 28.7 Å². The van der Waals surface area contributed by atoms with E-state index < -0.39 is 5.97 Å². The van der Waals surface area contributed by atoms with Gasteiger partial charge in [0.1, 0.15) is 11.5 Å². The molecular weight excluding hydrogens is 416 g/mol. The maximum absolute atomic E-state index is 13.0. The summed E-state index contributed by atoms with van der Waals surface area (Å²) >= 11 is 0. The second-order valence-corrected chi connectivity index (χ2v) is 7.34. The summed E-state index contributed by atoms with van der Waals surface area (Å²) in [5.41, 5.74) is 1.76. The molecule has 0 bridgehead atoms. The van der Waals surface area contributed by atoms with E-state index in [2.05, 4.69) is 0 Å². The fourth-order valence-corrected chi connectivity index (χ4v) is 3.34. The Morgan fingerprint density at radius 2 is 1.69 bits per heavy atom. The van der Waals surface area contributed by atoms with Crippen LogP contribution in [-0.4, -0.2) is 45.8 Å². The van der Waals surface area contributed by atoms with Crippen molar-refractivity contribution in [2.24, 2.45) is 0 Å². The summed E-state index contributed by atoms with van der Waals surface area (Å²) in [6, 6.07) is 6.70. The summed E-state index contributed by atoms with van der Waals surface area (Å²) < 4.78 is 32.5. The summed E-state index contributed by atoms with van der Waals surface area (Å²) in [6.45, 7) is 5.07. The molecule has 1 aliphatic heterocycles. The zero-order valence-electron chi connectivity index (χ0n) is 18.9. The molecule has 0 amide bonds. The Morgan fingerprint density at radius 1 is 1.03 bits per heavy atom. The maximum atomic E-state index is 13.0. The van der Waals surface area contributed by atoms with Gasteiger partial charge in [-0.15, -0.1) is 0 Å². The Bertz CT molecular complexity index is 1040. The average Bonchev–Trinajstić information content (AvgIpc) is 3.06. The summed E-state index contributed by atoms with van der Waals surface area (Å²) in [7, 11) is 4.55. The lowest BCUT2D eigenvalue weighted by molar-refractivity contribution is -0.149. The van der Waals surface area contributed by atoms with E-state index in [-0.39, 0.29) is 24.3 Å². The van der Waals surface area contributed by atoms with E-state index in [1.165, 1.54) is 21.3 Å². The van der Waals surface area contributed by atoms with Crippen LogP contribution in [0.1, 0.15) is 35.3 Å². The number of esters is 1. The number of benzene rings is 2. The number of hydrogen-bond donors (Lipinski definition) is 0. The predicted molar refractivity (Wildman–Crippen MR) is 117 cm³/mol. The van der Waals surface area contributed by atoms with E-state index in [0.717, 1.165) is 0 Å². The van der Waals surface area contributed by atoms with Gasteiger partial charge >= 0.3 is 5.97 Å². The van der Waals surface area contributed by atoms with Crippen molar-refractivity contribution in [1.82, 2.24) is 0 Å². The Morgan fingerprint density at radius 3 is 2.25 bits per heavy atom. The highest BCUT2D eigenvalue weighted by Crippen LogP contribution is 2.41. The Balaban J connectivity index is 1.87. The van der Waals surface area contributed by atoms with Gasteiger partial charge in [-0.05, 0) is 56.2 Å². The van der Waals surface area contributed by atoms with E-state index in [9.17, 15) is 9.59 Å². The standard InChI is InChI=1S/C24H26O8/c1-13(2)31-21(25)12-30-16-7-14(3)22-17(11-16)32-18(23(22)26)8-15-9-19(27-4)24(29-6)20(10-15)28-5/h7-11,13H,12H2,1-6H3. The molecule has 0 aliphatic carbocycles. The van der Waals surface area contributed by atoms with Crippen LogP contribution in [0.4, 0.5) is 0 Å². The number of fused-ring (bicyclic) bond motifs is 1. The molecule has 0 N–H and O–H groups in total. The summed E-state index contributed by atoms with van der Waals surface area (Å²) in [6.07, 6.45) is 1.38. The molecule has 0 saturated heterocycles. The molecule has 0 spiro atoms. The van der Waals surface area contributed by atoms with Crippen molar-refractivity contribution in [2.45, 2.75) is 26.9 Å². The third kappa shape index (κ3) is 4.80. The van der Waals surface area contributed by atoms with Crippen LogP contribution >= 0.6 is 0 Å². The van der Waals surface area contributed by atoms with Crippen molar-refractivity contribution in [2.75, 3.05) is 27.9 Å². The molecule has 1 aliphatic rings. The third-order valence-corrected chi connectivity index (χ3v) is 4.65. The highest BCUT2D eigenvalue weighted by Gasteiger charge is 2.30. The van der Waals surface area contributed by atoms with Crippen LogP contribution in [0, 0.1) is 6.92 Å². The molecule has 1 heterocycles. The normalized spacial score (nSPS) is 13.6. The molecule has 2 aromatic carbocycles. The SMILES string of the molecule is COc1cc(C=C2Oc3cc(OCC(=O)OC(C)C)cc(C)c3C2=O)cc(OC)c1OC. The Kier molecular flexibility index (Phi) is 6.92. The molecule has 0 radical (unpaired) electrons. The van der Waals surface area contributed by atoms with Gasteiger partial charge in [0.2, 0.25) is 11.5 Å². The van der Waals surface area contributed by atoms with Crippen molar-refractivity contribution in [1.29, 1.82) is 0 Å². The minimum Gasteiger partial charge on any atom is -0.493 e. The number of ether oxygens (including phenoxy) is 6. The topological polar surface area (TPSA) is 89.5 Å². The van der Waals surface area contributed by atoms with E-state index in [1.807, 2.05) is 0 Å². The first-order valence-corrected chi connectivity index (χ1v) is 9.98. The lowest BCUT2D eigenvalue weighted by Gasteiger charge is -2.13. The second kappa shape index (κ2) is 9.64. The van der Waals surface area contributed by atoms with E-state index in [4.69, 9.17) is 28.4 Å². The molecule has 8 heteroatoms. The van der Waals surface area contributed by atoms with Gasteiger partial charge in [-0.3, -0.25) is 4.79 Å². The number of methoxy groups -OCH3 is 3. The Hall–Kier alpha value is -3.68. The van der Waals surface area contributed by atoms with Gasteiger partial charge in [0.25, 0.3) is 0 Å². The smallest absolute Gasteiger partial charge is 0.344 e. The van der Waals surface area contributed by atoms with E-state index >= 15 is 0 Å². The fraction of sp³-hybridized carbons (Fsp3) is 0.333. The number of carbonyl (C=O) groups excluding carboxylic acids is 2. The molecule has 32 heavy (non-hydrogen) atoms. The lowest BCUT2D eigenvalue weighted by atomic mass is 10.0. The zero-order valence-corrected chi connectivity index (χ0v) is 18.9. The summed E-state index contributed by atoms with van der Waals surface area (Å²) in [4.78, 5) is 24.7. The summed E-state index contributed by atoms with van der Waals surface area (Å²) in [5, 5.41) is 0. The van der Waals surface area contributed by atoms with Crippen LogP contribution < -0.4 is 23.7 Å². The first kappa shape index (κ1) is 23.0. The minimum atomic E-state index is -0.474. The second-order valence-electron chi connectivity index (χ2n) is 7.34. The van der Waals surface area contributed by atoms with Crippen molar-refractivity contribution < 1.29 is 38.0 Å². The van der Waals surface area contributed by atoms with Crippen LogP contribution in [-0.2, 0) is 9.53 Å². The molecule has 0 saturated carbocycles. The monoisotopic (exact) mass is 442 g/mol. The predicted octanol–water partition coefficient (Wildman–Crippen LogP) is 3.97. The van der Waals surface area contributed by atoms with Crippen molar-refractivity contribution in [3.63, 3.8) is 0 Å². The van der Waals surface area contributed by atoms with E-state index in [1.54, 1.807) is 51.1 Å². The minimum absolute atomic E-state index is 0.147. The molecule has 8 nitrogen and oxygen atoms in total. The first-order valence-electron chi connectivity index (χ1n) is 9.98. The van der Waals surface area contributed by atoms with Gasteiger partial charge in [0.15, 0.2) is 23.9 Å². The quantitative estimate of drug-likeness (QED) is 0.448. The molecule has 3 rings (SSSR count). The van der Waals surface area contributed by atoms with Gasteiger partial charge in [-0.1, -0.05) is 0 Å². The number of aryl methyl sites for hydroxylation is 1. The molecule has 0 fully saturated rings. The summed E-state index contributed by atoms with van der Waals surface area (Å²) in [5.74, 6) is 1.56. The highest BCUT2D eigenvalue weighted by molar-refractivity contribution is 6.15. The van der Waals surface area contributed by atoms with Gasteiger partial charge in [0, 0.05) is 6.07 Å². The van der Waals surface area contributed by atoms with Crippen molar-refractivity contribution in [3.8, 4) is 28.7 Å². The first-order chi connectivity index (χ1) is 15.3. The fourth-order valence-electron chi connectivity index (χ4n) is 3.34. The van der Waals surface area contributed by atoms with Gasteiger partial charge < -0.3 is 28.4 Å². The van der Waals surface area contributed by atoms with Gasteiger partial charge in [0.05, 0.1) is 33.0 Å². The third-order valence-electron chi connectivity index (χ3n) is 4.65. The van der Waals surface area contributed by atoms with Crippen LogP contribution in [0.2, 0.25) is 0 Å². The number of allylic oxidation sites excluding steroid dienone is 1. The van der Waals surface area contributed by atoms with Crippen LogP contribution in [0.3, 0.4) is 0 Å². The number of rotatable bonds is 8. The molecule has 0 atom stereocenters. The zero-order chi connectivity index (χ0) is 23.4.